The number of furan rings is 1. The summed E-state index contributed by atoms with van der Waals surface area (Å²) in [6.45, 7) is 3.30. The van der Waals surface area contributed by atoms with Crippen molar-refractivity contribution in [3.8, 4) is 0 Å². The molecule has 0 bridgehead atoms. The van der Waals surface area contributed by atoms with Gasteiger partial charge in [-0.05, 0) is 58.8 Å². The molecule has 0 saturated carbocycles. The topological polar surface area (TPSA) is 100 Å². The summed E-state index contributed by atoms with van der Waals surface area (Å²) in [6, 6.07) is 2.06. The first-order chi connectivity index (χ1) is 13.8. The second-order valence-electron chi connectivity index (χ2n) is 7.66. The van der Waals surface area contributed by atoms with Crippen LogP contribution in [0.5, 0.6) is 0 Å². The van der Waals surface area contributed by atoms with Crippen molar-refractivity contribution in [1.29, 1.82) is 0 Å². The van der Waals surface area contributed by atoms with Gasteiger partial charge < -0.3 is 19.0 Å². The van der Waals surface area contributed by atoms with Crippen LogP contribution in [-0.2, 0) is 19.6 Å². The molecule has 0 N–H and O–H groups in total. The number of likely N-dealkylation sites (N-methyl/N-ethyl adjacent to an activating group) is 1. The van der Waals surface area contributed by atoms with Gasteiger partial charge in [0, 0.05) is 25.7 Å². The van der Waals surface area contributed by atoms with Crippen LogP contribution in [-0.4, -0.2) is 86.8 Å². The number of carbonyl (C=O) groups is 2. The number of amides is 1. The van der Waals surface area contributed by atoms with Crippen molar-refractivity contribution in [3.63, 3.8) is 0 Å². The minimum absolute atomic E-state index is 0.158. The highest BCUT2D eigenvalue weighted by molar-refractivity contribution is 7.89. The predicted octanol–water partition coefficient (Wildman–Crippen LogP) is 1.16. The Morgan fingerprint density at radius 3 is 2.62 bits per heavy atom. The van der Waals surface area contributed by atoms with E-state index in [0.29, 0.717) is 25.9 Å². The Morgan fingerprint density at radius 1 is 1.21 bits per heavy atom. The highest BCUT2D eigenvalue weighted by Gasteiger charge is 2.43. The second kappa shape index (κ2) is 8.85. The first-order valence-electron chi connectivity index (χ1n) is 9.99. The monoisotopic (exact) mass is 427 g/mol. The Kier molecular flexibility index (Phi) is 6.65. The zero-order chi connectivity index (χ0) is 21.2. The molecule has 3 heterocycles. The number of esters is 1. The smallest absolute Gasteiger partial charge is 0.374 e. The van der Waals surface area contributed by atoms with Gasteiger partial charge in [-0.15, -0.1) is 0 Å². The van der Waals surface area contributed by atoms with Crippen LogP contribution < -0.4 is 0 Å². The molecule has 2 fully saturated rings. The maximum atomic E-state index is 13.2. The lowest BCUT2D eigenvalue weighted by Gasteiger charge is -2.38. The van der Waals surface area contributed by atoms with E-state index in [2.05, 4.69) is 4.90 Å². The van der Waals surface area contributed by atoms with E-state index in [4.69, 9.17) is 9.15 Å². The lowest BCUT2D eigenvalue weighted by atomic mass is 10.0. The molecule has 1 aromatic rings. The molecule has 9 nitrogen and oxygen atoms in total. The number of hydrogen-bond donors (Lipinski definition) is 0. The lowest BCUT2D eigenvalue weighted by Crippen LogP contribution is -2.53. The second-order valence-corrected chi connectivity index (χ2v) is 9.48. The molecule has 0 radical (unpaired) electrons. The summed E-state index contributed by atoms with van der Waals surface area (Å²) in [6.07, 6.45) is 3.00. The lowest BCUT2D eigenvalue weighted by molar-refractivity contribution is -0.136. The van der Waals surface area contributed by atoms with Gasteiger partial charge in [0.15, 0.2) is 0 Å². The van der Waals surface area contributed by atoms with Crippen LogP contribution in [0.15, 0.2) is 21.6 Å². The van der Waals surface area contributed by atoms with Gasteiger partial charge in [0.05, 0.1) is 6.61 Å². The van der Waals surface area contributed by atoms with Crippen molar-refractivity contribution < 1.29 is 27.2 Å². The molecule has 2 unspecified atom stereocenters. The van der Waals surface area contributed by atoms with E-state index in [9.17, 15) is 18.0 Å². The van der Waals surface area contributed by atoms with Gasteiger partial charge >= 0.3 is 5.97 Å². The quantitative estimate of drug-likeness (QED) is 0.628. The fraction of sp³-hybridized carbons (Fsp3) is 0.684. The fourth-order valence-electron chi connectivity index (χ4n) is 3.95. The van der Waals surface area contributed by atoms with Gasteiger partial charge in [-0.25, -0.2) is 13.2 Å². The molecule has 1 amide bonds. The molecular weight excluding hydrogens is 398 g/mol. The van der Waals surface area contributed by atoms with Gasteiger partial charge in [-0.2, -0.15) is 4.31 Å². The standard InChI is InChI=1S/C19H29N3O6S/c1-4-27-19(24)16-9-10-17(28-16)29(25,26)22-12-6-8-15(22)18(23)21-11-5-7-14(13-21)20(2)3/h9-10,14-15H,4-8,11-13H2,1-3H3. The Labute approximate surface area is 171 Å². The van der Waals surface area contributed by atoms with E-state index >= 15 is 0 Å². The molecule has 162 valence electrons. The molecule has 1 aromatic heterocycles. The maximum absolute atomic E-state index is 13.2. The highest BCUT2D eigenvalue weighted by atomic mass is 32.2. The van der Waals surface area contributed by atoms with Crippen LogP contribution >= 0.6 is 0 Å². The summed E-state index contributed by atoms with van der Waals surface area (Å²) in [7, 11) is -0.0499. The van der Waals surface area contributed by atoms with Gasteiger partial charge in [-0.3, -0.25) is 4.79 Å². The summed E-state index contributed by atoms with van der Waals surface area (Å²) >= 11 is 0. The molecule has 2 atom stereocenters. The van der Waals surface area contributed by atoms with Crippen LogP contribution in [0.4, 0.5) is 0 Å². The third-order valence-corrected chi connectivity index (χ3v) is 7.33. The van der Waals surface area contributed by atoms with Gasteiger partial charge in [0.25, 0.3) is 10.0 Å². The minimum Gasteiger partial charge on any atom is -0.460 e. The van der Waals surface area contributed by atoms with Gasteiger partial charge in [0.2, 0.25) is 16.8 Å². The summed E-state index contributed by atoms with van der Waals surface area (Å²) in [5, 5.41) is -0.343. The Morgan fingerprint density at radius 2 is 1.93 bits per heavy atom. The van der Waals surface area contributed by atoms with Crippen LogP contribution in [0, 0.1) is 0 Å². The average Bonchev–Trinajstić information content (AvgIpc) is 3.38. The van der Waals surface area contributed by atoms with E-state index < -0.39 is 22.0 Å². The Balaban J connectivity index is 1.77. The van der Waals surface area contributed by atoms with E-state index in [0.717, 1.165) is 12.8 Å². The number of likely N-dealkylation sites (tertiary alicyclic amines) is 1. The summed E-state index contributed by atoms with van der Waals surface area (Å²) in [5.41, 5.74) is 0. The van der Waals surface area contributed by atoms with Crippen molar-refractivity contribution in [2.75, 3.05) is 40.3 Å². The highest BCUT2D eigenvalue weighted by Crippen LogP contribution is 2.29. The molecule has 0 spiro atoms. The summed E-state index contributed by atoms with van der Waals surface area (Å²) in [4.78, 5) is 28.8. The Hall–Kier alpha value is -1.91. The zero-order valence-corrected chi connectivity index (χ0v) is 18.0. The zero-order valence-electron chi connectivity index (χ0n) is 17.2. The average molecular weight is 428 g/mol. The van der Waals surface area contributed by atoms with E-state index in [1.165, 1.54) is 16.4 Å². The normalized spacial score (nSPS) is 23.5. The van der Waals surface area contributed by atoms with Crippen molar-refractivity contribution in [1.82, 2.24) is 14.1 Å². The molecule has 0 aromatic carbocycles. The molecule has 2 saturated heterocycles. The van der Waals surface area contributed by atoms with Crippen molar-refractivity contribution in [3.05, 3.63) is 17.9 Å². The van der Waals surface area contributed by atoms with Crippen LogP contribution in [0.25, 0.3) is 0 Å². The molecule has 3 rings (SSSR count). The SMILES string of the molecule is CCOC(=O)c1ccc(S(=O)(=O)N2CCCC2C(=O)N2CCCC(N(C)C)C2)o1. The van der Waals surface area contributed by atoms with Crippen molar-refractivity contribution in [2.24, 2.45) is 0 Å². The molecule has 10 heteroatoms. The van der Waals surface area contributed by atoms with Crippen LogP contribution in [0.2, 0.25) is 0 Å². The summed E-state index contributed by atoms with van der Waals surface area (Å²) < 4.78 is 37.5. The number of sulfonamides is 1. The first kappa shape index (κ1) is 21.8. The third kappa shape index (κ3) is 4.49. The number of rotatable bonds is 6. The van der Waals surface area contributed by atoms with E-state index in [1.807, 2.05) is 14.1 Å². The van der Waals surface area contributed by atoms with E-state index in [-0.39, 0.29) is 36.0 Å². The largest absolute Gasteiger partial charge is 0.460 e. The van der Waals surface area contributed by atoms with Gasteiger partial charge in [0.1, 0.15) is 6.04 Å². The molecule has 2 aliphatic rings. The van der Waals surface area contributed by atoms with Crippen molar-refractivity contribution >= 4 is 21.9 Å². The Bertz CT molecular complexity index is 850. The maximum Gasteiger partial charge on any atom is 0.374 e. The predicted molar refractivity (Wildman–Crippen MR) is 105 cm³/mol. The first-order valence-corrected chi connectivity index (χ1v) is 11.4. The molecule has 2 aliphatic heterocycles. The molecule has 29 heavy (non-hydrogen) atoms. The van der Waals surface area contributed by atoms with E-state index in [1.54, 1.807) is 11.8 Å². The summed E-state index contributed by atoms with van der Waals surface area (Å²) in [5.74, 6) is -1.04. The number of piperidine rings is 1. The molecular formula is C19H29N3O6S. The number of nitrogens with zero attached hydrogens (tertiary/aromatic N) is 3. The fourth-order valence-corrected chi connectivity index (χ4v) is 5.51. The minimum atomic E-state index is -4.03. The number of carbonyl (C=O) groups excluding carboxylic acids is 2. The third-order valence-electron chi connectivity index (χ3n) is 5.55. The van der Waals surface area contributed by atoms with Gasteiger partial charge in [-0.1, -0.05) is 0 Å². The van der Waals surface area contributed by atoms with Crippen LogP contribution in [0.1, 0.15) is 43.2 Å². The number of ether oxygens (including phenoxy) is 1. The number of hydrogen-bond acceptors (Lipinski definition) is 7. The molecule has 0 aliphatic carbocycles. The van der Waals surface area contributed by atoms with Crippen molar-refractivity contribution in [2.45, 2.75) is 49.8 Å². The van der Waals surface area contributed by atoms with Crippen LogP contribution in [0.3, 0.4) is 0 Å².